The molecule has 0 spiro atoms. The number of halogens is 2. The number of nitrogens with one attached hydrogen (secondary N) is 1. The van der Waals surface area contributed by atoms with E-state index in [1.807, 2.05) is 30.3 Å². The summed E-state index contributed by atoms with van der Waals surface area (Å²) in [5.41, 5.74) is 0.971. The van der Waals surface area contributed by atoms with E-state index in [4.69, 9.17) is 23.2 Å². The molecule has 0 unspecified atom stereocenters. The maximum absolute atomic E-state index is 15.0. The van der Waals surface area contributed by atoms with Crippen LogP contribution >= 0.6 is 23.2 Å². The maximum Gasteiger partial charge on any atom is 0.335 e. The lowest BCUT2D eigenvalue weighted by Gasteiger charge is -2.52. The maximum atomic E-state index is 15.0. The van der Waals surface area contributed by atoms with E-state index in [1.54, 1.807) is 50.8 Å². The number of carbonyl (C=O) groups excluding carboxylic acids is 2. The first-order valence-electron chi connectivity index (χ1n) is 15.7. The lowest BCUT2D eigenvalue weighted by Crippen LogP contribution is -2.59. The first-order chi connectivity index (χ1) is 22.0. The number of likely N-dealkylation sites (tertiary alicyclic amines) is 1. The summed E-state index contributed by atoms with van der Waals surface area (Å²) in [7, 11) is -3.64. The molecule has 47 heavy (non-hydrogen) atoms. The summed E-state index contributed by atoms with van der Waals surface area (Å²) in [6.45, 7) is 6.79. The number of benzene rings is 3. The van der Waals surface area contributed by atoms with Gasteiger partial charge in [-0.05, 0) is 106 Å². The average Bonchev–Trinajstić information content (AvgIpc) is 3.83. The van der Waals surface area contributed by atoms with Crippen LogP contribution < -0.4 is 5.32 Å². The molecule has 11 heteroatoms. The molecular weight excluding hydrogens is 659 g/mol. The first-order valence-corrected chi connectivity index (χ1v) is 18.1. The Balaban J connectivity index is 1.61. The zero-order valence-electron chi connectivity index (χ0n) is 26.9. The van der Waals surface area contributed by atoms with Crippen molar-refractivity contribution in [2.75, 3.05) is 11.1 Å². The number of carboxylic acids is 1. The number of carbonyl (C=O) groups is 3. The van der Waals surface area contributed by atoms with Gasteiger partial charge in [-0.15, -0.1) is 0 Å². The van der Waals surface area contributed by atoms with Gasteiger partial charge in [0.2, 0.25) is 11.8 Å². The standard InChI is InChI=1S/C36H40Cl2N2O6S/c1-35(2,3)47(45,46)21-30(22-8-9-22)40-32(23-10-14-26(37)15-11-23)29(25-6-5-7-27(38)18-25)19-36(4,34(40)44)20-31(41)39-28-16-12-24(13-17-28)33(42)43/h5-7,10-18,22,29-30,32H,8-9,19-21H2,1-4H3,(H,39,41)(H,42,43)/t29-,30-,32-,36-/m1/s1. The van der Waals surface area contributed by atoms with Crippen LogP contribution in [0.5, 0.6) is 0 Å². The number of piperidine rings is 1. The number of carboxylic acid groups (broad SMARTS) is 1. The smallest absolute Gasteiger partial charge is 0.335 e. The third kappa shape index (κ3) is 7.68. The highest BCUT2D eigenvalue weighted by molar-refractivity contribution is 7.92. The Morgan fingerprint density at radius 3 is 2.17 bits per heavy atom. The molecule has 4 atom stereocenters. The minimum Gasteiger partial charge on any atom is -0.478 e. The van der Waals surface area contributed by atoms with Crippen molar-refractivity contribution in [3.63, 3.8) is 0 Å². The SMILES string of the molecule is CC(C)(C)S(=O)(=O)C[C@H](C1CC1)N1C(=O)[C@@](C)(CC(=O)Nc2ccc(C(=O)O)cc2)C[C@H](c2cccc(Cl)c2)[C@H]1c1ccc(Cl)cc1. The number of hydrogen-bond donors (Lipinski definition) is 2. The minimum atomic E-state index is -3.64. The molecule has 1 aliphatic carbocycles. The summed E-state index contributed by atoms with van der Waals surface area (Å²) < 4.78 is 26.5. The van der Waals surface area contributed by atoms with Crippen LogP contribution in [0.3, 0.4) is 0 Å². The fourth-order valence-electron chi connectivity index (χ4n) is 6.57. The summed E-state index contributed by atoms with van der Waals surface area (Å²) >= 11 is 12.8. The first kappa shape index (κ1) is 34.9. The molecule has 1 saturated carbocycles. The number of amides is 2. The van der Waals surface area contributed by atoms with Gasteiger partial charge in [0.25, 0.3) is 0 Å². The summed E-state index contributed by atoms with van der Waals surface area (Å²) in [5, 5.41) is 13.1. The second kappa shape index (κ2) is 13.2. The quantitative estimate of drug-likeness (QED) is 0.223. The molecule has 250 valence electrons. The Morgan fingerprint density at radius 1 is 0.979 bits per heavy atom. The number of hydrogen-bond acceptors (Lipinski definition) is 5. The van der Waals surface area contributed by atoms with Crippen molar-refractivity contribution in [1.82, 2.24) is 4.90 Å². The van der Waals surface area contributed by atoms with Crippen LogP contribution in [-0.4, -0.2) is 52.7 Å². The fourth-order valence-corrected chi connectivity index (χ4v) is 8.27. The molecule has 0 bridgehead atoms. The second-order valence-electron chi connectivity index (χ2n) is 14.0. The monoisotopic (exact) mass is 698 g/mol. The Hall–Kier alpha value is -3.40. The zero-order chi connectivity index (χ0) is 34.3. The molecule has 0 radical (unpaired) electrons. The molecule has 0 aromatic heterocycles. The van der Waals surface area contributed by atoms with Crippen molar-refractivity contribution < 1.29 is 27.9 Å². The van der Waals surface area contributed by atoms with Crippen LogP contribution in [0.4, 0.5) is 5.69 Å². The molecular formula is C36H40Cl2N2O6S. The van der Waals surface area contributed by atoms with E-state index >= 15 is 0 Å². The highest BCUT2D eigenvalue weighted by atomic mass is 35.5. The molecule has 2 amide bonds. The number of rotatable bonds is 10. The Morgan fingerprint density at radius 2 is 1.62 bits per heavy atom. The van der Waals surface area contributed by atoms with Gasteiger partial charge in [-0.25, -0.2) is 13.2 Å². The van der Waals surface area contributed by atoms with Gasteiger partial charge in [0.15, 0.2) is 9.84 Å². The van der Waals surface area contributed by atoms with Gasteiger partial charge in [-0.3, -0.25) is 9.59 Å². The Labute approximate surface area is 286 Å². The summed E-state index contributed by atoms with van der Waals surface area (Å²) in [5.74, 6) is -2.31. The average molecular weight is 700 g/mol. The van der Waals surface area contributed by atoms with Crippen LogP contribution in [0, 0.1) is 11.3 Å². The summed E-state index contributed by atoms with van der Waals surface area (Å²) in [4.78, 5) is 41.6. The van der Waals surface area contributed by atoms with Gasteiger partial charge in [-0.2, -0.15) is 0 Å². The molecule has 3 aromatic rings. The van der Waals surface area contributed by atoms with E-state index in [9.17, 15) is 27.9 Å². The molecule has 2 fully saturated rings. The predicted molar refractivity (Wildman–Crippen MR) is 185 cm³/mol. The summed E-state index contributed by atoms with van der Waals surface area (Å²) in [6, 6.07) is 19.4. The fraction of sp³-hybridized carbons (Fsp3) is 0.417. The van der Waals surface area contributed by atoms with Crippen LogP contribution in [0.1, 0.15) is 86.8 Å². The van der Waals surface area contributed by atoms with E-state index < -0.39 is 44.0 Å². The normalized spacial score (nSPS) is 22.5. The number of aromatic carboxylic acids is 1. The molecule has 8 nitrogen and oxygen atoms in total. The lowest BCUT2D eigenvalue weighted by atomic mass is 9.66. The van der Waals surface area contributed by atoms with Gasteiger partial charge in [0.1, 0.15) is 0 Å². The number of sulfone groups is 1. The third-order valence-corrected chi connectivity index (χ3v) is 12.5. The molecule has 2 N–H and O–H groups in total. The Bertz CT molecular complexity index is 1770. The lowest BCUT2D eigenvalue weighted by molar-refractivity contribution is -0.156. The van der Waals surface area contributed by atoms with Crippen molar-refractivity contribution in [2.45, 2.75) is 76.1 Å². The van der Waals surface area contributed by atoms with Crippen molar-refractivity contribution in [2.24, 2.45) is 11.3 Å². The minimum absolute atomic E-state index is 0.00480. The van der Waals surface area contributed by atoms with E-state index in [0.29, 0.717) is 22.2 Å². The zero-order valence-corrected chi connectivity index (χ0v) is 29.2. The molecule has 1 saturated heterocycles. The van der Waals surface area contributed by atoms with Crippen LogP contribution in [0.2, 0.25) is 10.0 Å². The largest absolute Gasteiger partial charge is 0.478 e. The molecule has 1 heterocycles. The van der Waals surface area contributed by atoms with Crippen molar-refractivity contribution in [3.8, 4) is 0 Å². The van der Waals surface area contributed by atoms with Crippen LogP contribution in [-0.2, 0) is 19.4 Å². The van der Waals surface area contributed by atoms with Gasteiger partial charge >= 0.3 is 5.97 Å². The van der Waals surface area contributed by atoms with Gasteiger partial charge in [0, 0.05) is 34.1 Å². The van der Waals surface area contributed by atoms with E-state index in [0.717, 1.165) is 24.0 Å². The van der Waals surface area contributed by atoms with Crippen molar-refractivity contribution >= 4 is 56.5 Å². The predicted octanol–water partition coefficient (Wildman–Crippen LogP) is 7.78. The second-order valence-corrected chi connectivity index (χ2v) is 17.7. The van der Waals surface area contributed by atoms with E-state index in [1.165, 1.54) is 24.3 Å². The van der Waals surface area contributed by atoms with Crippen molar-refractivity contribution in [1.29, 1.82) is 0 Å². The third-order valence-electron chi connectivity index (χ3n) is 9.40. The highest BCUT2D eigenvalue weighted by Gasteiger charge is 2.55. The Kier molecular flexibility index (Phi) is 9.84. The molecule has 1 aliphatic heterocycles. The number of nitrogens with zero attached hydrogens (tertiary/aromatic N) is 1. The van der Waals surface area contributed by atoms with Gasteiger partial charge in [-0.1, -0.05) is 54.4 Å². The van der Waals surface area contributed by atoms with Gasteiger partial charge < -0.3 is 15.3 Å². The van der Waals surface area contributed by atoms with E-state index in [-0.39, 0.29) is 35.5 Å². The highest BCUT2D eigenvalue weighted by Crippen LogP contribution is 2.54. The number of anilines is 1. The van der Waals surface area contributed by atoms with Crippen LogP contribution in [0.15, 0.2) is 72.8 Å². The molecule has 2 aliphatic rings. The van der Waals surface area contributed by atoms with Gasteiger partial charge in [0.05, 0.1) is 27.5 Å². The molecule has 3 aromatic carbocycles. The van der Waals surface area contributed by atoms with E-state index in [2.05, 4.69) is 5.32 Å². The van der Waals surface area contributed by atoms with Crippen LogP contribution in [0.25, 0.3) is 0 Å². The molecule has 5 rings (SSSR count). The van der Waals surface area contributed by atoms with Crippen molar-refractivity contribution in [3.05, 3.63) is 99.5 Å². The topological polar surface area (TPSA) is 121 Å². The summed E-state index contributed by atoms with van der Waals surface area (Å²) in [6.07, 6.45) is 1.72.